The third-order valence-electron chi connectivity index (χ3n) is 8.61. The molecule has 2 aromatic carbocycles. The number of rotatable bonds is 3. The van der Waals surface area contributed by atoms with Crippen LogP contribution >= 0.6 is 0 Å². The zero-order valence-electron chi connectivity index (χ0n) is 21.6. The van der Waals surface area contributed by atoms with Gasteiger partial charge < -0.3 is 10.5 Å². The first kappa shape index (κ1) is 28.2. The molecule has 3 unspecified atom stereocenters. The van der Waals surface area contributed by atoms with Crippen LogP contribution in [-0.2, 0) is 26.5 Å². The van der Waals surface area contributed by atoms with Gasteiger partial charge in [0.25, 0.3) is 0 Å². The molecular weight excluding hydrogens is 523 g/mol. The first-order valence-electron chi connectivity index (χ1n) is 12.8. The Kier molecular flexibility index (Phi) is 9.88. The molecule has 4 saturated carbocycles. The first-order chi connectivity index (χ1) is 16.3. The van der Waals surface area contributed by atoms with E-state index < -0.39 is 15.4 Å². The van der Waals surface area contributed by atoms with Crippen molar-refractivity contribution in [1.82, 2.24) is 0 Å². The number of hydrogen-bond acceptors (Lipinski definition) is 1. The van der Waals surface area contributed by atoms with Crippen LogP contribution in [0.15, 0.2) is 77.4 Å². The molecule has 181 valence electrons. The average molecular weight is 561 g/mol. The molecule has 1 amide bonds. The minimum absolute atomic E-state index is 0. The van der Waals surface area contributed by atoms with Gasteiger partial charge in [0.05, 0.1) is 5.91 Å². The van der Waals surface area contributed by atoms with Gasteiger partial charge in [0.15, 0.2) is 0 Å². The number of allylic oxidation sites excluding steroid dienone is 4. The monoisotopic (exact) mass is 562 g/mol. The predicted molar refractivity (Wildman–Crippen MR) is 145 cm³/mol. The van der Waals surface area contributed by atoms with Gasteiger partial charge in [0.1, 0.15) is 0 Å². The van der Waals surface area contributed by atoms with E-state index in [4.69, 9.17) is 5.73 Å². The molecular formula is C31H38GeNOTi. The van der Waals surface area contributed by atoms with Gasteiger partial charge in [-0.25, -0.2) is 5.57 Å². The van der Waals surface area contributed by atoms with Crippen LogP contribution < -0.4 is 8.79 Å². The van der Waals surface area contributed by atoms with Crippen molar-refractivity contribution in [2.45, 2.75) is 59.8 Å². The number of benzene rings is 2. The Labute approximate surface area is 233 Å². The normalized spacial score (nSPS) is 29.4. The van der Waals surface area contributed by atoms with Crippen LogP contribution in [0.2, 0.25) is 0 Å². The fraction of sp³-hybridized carbons (Fsp3) is 0.452. The van der Waals surface area contributed by atoms with Crippen molar-refractivity contribution in [3.63, 3.8) is 0 Å². The fourth-order valence-electron chi connectivity index (χ4n) is 6.62. The fourth-order valence-corrected chi connectivity index (χ4v) is 9.17. The Hall–Kier alpha value is -1.35. The molecule has 0 heterocycles. The van der Waals surface area contributed by atoms with E-state index >= 15 is 0 Å². The summed E-state index contributed by atoms with van der Waals surface area (Å²) in [5, 5.41) is 0. The van der Waals surface area contributed by atoms with Crippen LogP contribution in [0.5, 0.6) is 0 Å². The Balaban J connectivity index is 0.000000147. The number of carbonyl (C=O) groups is 1. The van der Waals surface area contributed by atoms with Crippen molar-refractivity contribution in [3.8, 4) is 0 Å². The molecule has 5 aliphatic rings. The standard InChI is InChI=1S/C12H11Ge.C10H15NO.C9H13.Ti/c1-3-7-11(8-4-1)13-12-9-5-2-6-10-12;11-9(12)10-4-6-1-7(5-10)3-8(10)2-6;1-6-5-7(2)9(4)8(6)3;/h1-10,13H;6-8H,1-5H2,(H2,11,12);6H,1-4H3;/q;;-1;+2/p-1. The Morgan fingerprint density at radius 2 is 1.37 bits per heavy atom. The Morgan fingerprint density at radius 1 is 0.886 bits per heavy atom. The zero-order chi connectivity index (χ0) is 24.3. The van der Waals surface area contributed by atoms with E-state index in [2.05, 4.69) is 94.4 Å². The van der Waals surface area contributed by atoms with E-state index in [9.17, 15) is 4.79 Å². The van der Waals surface area contributed by atoms with Crippen LogP contribution in [0.4, 0.5) is 0 Å². The van der Waals surface area contributed by atoms with Gasteiger partial charge in [-0.2, -0.15) is 11.1 Å². The molecule has 0 aromatic heterocycles. The molecule has 0 aliphatic heterocycles. The quantitative estimate of drug-likeness (QED) is 0.326. The minimum atomic E-state index is -0.392. The summed E-state index contributed by atoms with van der Waals surface area (Å²) < 4.78 is 3.05. The topological polar surface area (TPSA) is 40.9 Å². The SMILES string of the molecule is CC1=[C-]C(C)C(C)=C1C.[NH-]C(=O)C12CC3CC(CC1C3)C2.[Ti+2].c1cc[c]([GeH][c]2ccccc2)cc1. The van der Waals surface area contributed by atoms with E-state index in [1.807, 2.05) is 0 Å². The molecule has 1 radical (unpaired) electrons. The predicted octanol–water partition coefficient (Wildman–Crippen LogP) is 6.18. The summed E-state index contributed by atoms with van der Waals surface area (Å²) in [6, 6.07) is 21.5. The molecule has 7 rings (SSSR count). The maximum atomic E-state index is 11.3. The second-order valence-corrected chi connectivity index (χ2v) is 14.2. The van der Waals surface area contributed by atoms with Gasteiger partial charge in [-0.15, -0.1) is 6.92 Å². The number of nitrogens with one attached hydrogen (secondary N) is 1. The van der Waals surface area contributed by atoms with E-state index in [0.717, 1.165) is 24.7 Å². The molecule has 2 aromatic rings. The van der Waals surface area contributed by atoms with Crippen LogP contribution in [0.1, 0.15) is 59.8 Å². The van der Waals surface area contributed by atoms with Crippen LogP contribution in [0.25, 0.3) is 5.73 Å². The molecule has 0 spiro atoms. The third kappa shape index (κ3) is 6.51. The van der Waals surface area contributed by atoms with Gasteiger partial charge in [0, 0.05) is 5.41 Å². The van der Waals surface area contributed by atoms with Crippen molar-refractivity contribution in [1.29, 1.82) is 0 Å². The van der Waals surface area contributed by atoms with E-state index in [0.29, 0.717) is 11.8 Å². The number of carbonyl (C=O) groups excluding carboxylic acids is 1. The average Bonchev–Trinajstić information content (AvgIpc) is 3.33. The summed E-state index contributed by atoms with van der Waals surface area (Å²) in [5.41, 5.74) is 11.5. The van der Waals surface area contributed by atoms with Crippen molar-refractivity contribution in [3.05, 3.63) is 89.2 Å². The number of amides is 1. The zero-order valence-corrected chi connectivity index (χ0v) is 25.6. The molecule has 5 aliphatic carbocycles. The van der Waals surface area contributed by atoms with Crippen molar-refractivity contribution in [2.24, 2.45) is 29.1 Å². The van der Waals surface area contributed by atoms with E-state index in [1.54, 1.807) is 0 Å². The van der Waals surface area contributed by atoms with E-state index in [1.165, 1.54) is 44.8 Å². The summed E-state index contributed by atoms with van der Waals surface area (Å²) in [6.45, 7) is 8.67. The summed E-state index contributed by atoms with van der Waals surface area (Å²) in [6.07, 6.45) is 9.32. The third-order valence-corrected chi connectivity index (χ3v) is 11.6. The summed E-state index contributed by atoms with van der Waals surface area (Å²) in [7, 11) is 0. The number of hydrogen-bond donors (Lipinski definition) is 0. The molecule has 4 fully saturated rings. The van der Waals surface area contributed by atoms with Gasteiger partial charge in [0.2, 0.25) is 0 Å². The van der Waals surface area contributed by atoms with Gasteiger partial charge in [-0.1, -0.05) is 26.7 Å². The second kappa shape index (κ2) is 12.3. The van der Waals surface area contributed by atoms with Gasteiger partial charge in [-0.05, 0) is 49.9 Å². The maximum absolute atomic E-state index is 11.3. The van der Waals surface area contributed by atoms with Crippen LogP contribution in [0.3, 0.4) is 0 Å². The molecule has 0 saturated heterocycles. The van der Waals surface area contributed by atoms with Crippen LogP contribution in [0, 0.1) is 35.2 Å². The summed E-state index contributed by atoms with van der Waals surface area (Å²) in [4.78, 5) is 11.3. The summed E-state index contributed by atoms with van der Waals surface area (Å²) >= 11 is -0.392. The Bertz CT molecular complexity index is 1010. The van der Waals surface area contributed by atoms with E-state index in [-0.39, 0.29) is 33.0 Å². The summed E-state index contributed by atoms with van der Waals surface area (Å²) in [5.74, 6) is 2.52. The van der Waals surface area contributed by atoms with Gasteiger partial charge in [-0.3, -0.25) is 6.08 Å². The first-order valence-corrected chi connectivity index (χ1v) is 15.2. The molecule has 2 nitrogen and oxygen atoms in total. The molecule has 4 heteroatoms. The van der Waals surface area contributed by atoms with Crippen molar-refractivity contribution < 1.29 is 26.5 Å². The van der Waals surface area contributed by atoms with Crippen LogP contribution in [-0.4, -0.2) is 21.3 Å². The van der Waals surface area contributed by atoms with Crippen molar-refractivity contribution in [2.75, 3.05) is 0 Å². The molecule has 4 bridgehead atoms. The molecule has 1 N–H and O–H groups in total. The van der Waals surface area contributed by atoms with Crippen molar-refractivity contribution >= 4 is 30.1 Å². The molecule has 35 heavy (non-hydrogen) atoms. The van der Waals surface area contributed by atoms with Gasteiger partial charge >= 0.3 is 107 Å². The second-order valence-electron chi connectivity index (χ2n) is 10.8. The Morgan fingerprint density at radius 3 is 1.69 bits per heavy atom. The molecule has 3 atom stereocenters.